The van der Waals surface area contributed by atoms with E-state index in [1.807, 2.05) is 18.5 Å². The molecule has 2 heterocycles. The van der Waals surface area contributed by atoms with E-state index >= 15 is 0 Å². The molecule has 51 valence electrons. The Kier molecular flexibility index (Phi) is 1.31. The van der Waals surface area contributed by atoms with E-state index in [0.29, 0.717) is 6.04 Å². The average Bonchev–Trinajstić information content (AvgIpc) is 2.05. The topological polar surface area (TPSA) is 26.5 Å². The van der Waals surface area contributed by atoms with Gasteiger partial charge in [0.25, 0.3) is 0 Å². The van der Waals surface area contributed by atoms with Gasteiger partial charge in [-0.25, -0.2) is 0 Å². The van der Waals surface area contributed by atoms with E-state index in [2.05, 4.69) is 16.4 Å². The first-order valence-electron chi connectivity index (χ1n) is 3.50. The number of allylic oxidation sites excluding steroid dienone is 2. The van der Waals surface area contributed by atoms with Crippen molar-refractivity contribution in [2.75, 3.05) is 6.54 Å². The fourth-order valence-electron chi connectivity index (χ4n) is 1.24. The molecular weight excluding hydrogens is 124 g/mol. The Morgan fingerprint density at radius 1 is 1.50 bits per heavy atom. The first-order chi connectivity index (χ1) is 4.97. The zero-order valence-electron chi connectivity index (χ0n) is 5.70. The Morgan fingerprint density at radius 2 is 2.50 bits per heavy atom. The summed E-state index contributed by atoms with van der Waals surface area (Å²) in [5, 5.41) is 4.31. The van der Waals surface area contributed by atoms with E-state index in [9.17, 15) is 0 Å². The van der Waals surface area contributed by atoms with Crippen LogP contribution in [0.15, 0.2) is 28.9 Å². The maximum atomic E-state index is 4.31. The molecule has 0 spiro atoms. The second-order valence-electron chi connectivity index (χ2n) is 2.51. The van der Waals surface area contributed by atoms with Crippen molar-refractivity contribution in [3.8, 4) is 0 Å². The van der Waals surface area contributed by atoms with E-state index in [0.717, 1.165) is 13.0 Å². The van der Waals surface area contributed by atoms with E-state index < -0.39 is 0 Å². The van der Waals surface area contributed by atoms with Crippen molar-refractivity contribution in [2.24, 2.45) is 4.99 Å². The third-order valence-electron chi connectivity index (χ3n) is 1.82. The predicted octanol–water partition coefficient (Wildman–Crippen LogP) is 0.888. The summed E-state index contributed by atoms with van der Waals surface area (Å²) in [6, 6.07) is 0.405. The van der Waals surface area contributed by atoms with Crippen LogP contribution in [0.5, 0.6) is 0 Å². The van der Waals surface area contributed by atoms with Crippen molar-refractivity contribution in [3.05, 3.63) is 23.9 Å². The molecule has 0 N–H and O–H groups in total. The Balaban J connectivity index is 2.23. The molecule has 0 amide bonds. The molecule has 1 unspecified atom stereocenters. The van der Waals surface area contributed by atoms with Gasteiger partial charge in [-0.2, -0.15) is 0 Å². The highest BCUT2D eigenvalue weighted by atomic mass is 14.9. The summed E-state index contributed by atoms with van der Waals surface area (Å²) in [6.45, 7) is 0.846. The van der Waals surface area contributed by atoms with Gasteiger partial charge in [0.1, 0.15) is 0 Å². The zero-order chi connectivity index (χ0) is 6.81. The van der Waals surface area contributed by atoms with Gasteiger partial charge in [-0.15, -0.1) is 0 Å². The third kappa shape index (κ3) is 0.856. The van der Waals surface area contributed by atoms with Crippen molar-refractivity contribution in [1.29, 1.82) is 0 Å². The molecule has 0 aliphatic carbocycles. The quantitative estimate of drug-likeness (QED) is 0.469. The Hall–Kier alpha value is -1.05. The molecule has 2 aliphatic heterocycles. The Labute approximate surface area is 60.3 Å². The molecule has 2 heteroatoms. The van der Waals surface area contributed by atoms with Gasteiger partial charge in [0.05, 0.1) is 12.6 Å². The summed E-state index contributed by atoms with van der Waals surface area (Å²) in [5.41, 5.74) is 1.35. The lowest BCUT2D eigenvalue weighted by Crippen LogP contribution is -2.27. The van der Waals surface area contributed by atoms with Crippen molar-refractivity contribution in [3.63, 3.8) is 0 Å². The van der Waals surface area contributed by atoms with Gasteiger partial charge in [0.2, 0.25) is 0 Å². The van der Waals surface area contributed by atoms with Crippen LogP contribution in [-0.4, -0.2) is 18.8 Å². The van der Waals surface area contributed by atoms with Gasteiger partial charge >= 0.3 is 0 Å². The molecular formula is C8H9N2. The number of fused-ring (bicyclic) bond motifs is 1. The van der Waals surface area contributed by atoms with Crippen LogP contribution in [0.25, 0.3) is 0 Å². The van der Waals surface area contributed by atoms with Crippen LogP contribution in [0.4, 0.5) is 0 Å². The summed E-state index contributed by atoms with van der Waals surface area (Å²) in [5.74, 6) is 0. The smallest absolute Gasteiger partial charge is 0.0779 e. The van der Waals surface area contributed by atoms with Gasteiger partial charge in [-0.3, -0.25) is 10.3 Å². The molecule has 0 fully saturated rings. The molecule has 2 nitrogen and oxygen atoms in total. The summed E-state index contributed by atoms with van der Waals surface area (Å²) in [7, 11) is 0. The first kappa shape index (κ1) is 5.71. The minimum Gasteiger partial charge on any atom is -0.293 e. The van der Waals surface area contributed by atoms with Crippen LogP contribution in [0.3, 0.4) is 0 Å². The minimum absolute atomic E-state index is 0.405. The van der Waals surface area contributed by atoms with Gasteiger partial charge < -0.3 is 0 Å². The highest BCUT2D eigenvalue weighted by Crippen LogP contribution is 2.14. The molecule has 0 aromatic carbocycles. The second-order valence-corrected chi connectivity index (χ2v) is 2.51. The van der Waals surface area contributed by atoms with E-state index in [1.54, 1.807) is 0 Å². The number of hydrogen-bond donors (Lipinski definition) is 0. The maximum Gasteiger partial charge on any atom is 0.0779 e. The van der Waals surface area contributed by atoms with Gasteiger partial charge in [0.15, 0.2) is 0 Å². The van der Waals surface area contributed by atoms with Crippen molar-refractivity contribution in [2.45, 2.75) is 12.5 Å². The molecule has 1 atom stereocenters. The molecule has 0 aromatic heterocycles. The zero-order valence-corrected chi connectivity index (χ0v) is 5.70. The predicted molar refractivity (Wildman–Crippen MR) is 41.1 cm³/mol. The largest absolute Gasteiger partial charge is 0.293 e. The van der Waals surface area contributed by atoms with Gasteiger partial charge in [-0.05, 0) is 11.6 Å². The van der Waals surface area contributed by atoms with Crippen molar-refractivity contribution < 1.29 is 0 Å². The summed E-state index contributed by atoms with van der Waals surface area (Å²) >= 11 is 0. The lowest BCUT2D eigenvalue weighted by atomic mass is 10.0. The first-order valence-corrected chi connectivity index (χ1v) is 3.50. The lowest BCUT2D eigenvalue weighted by molar-refractivity contribution is 0.647. The van der Waals surface area contributed by atoms with Crippen LogP contribution < -0.4 is 5.32 Å². The summed E-state index contributed by atoms with van der Waals surface area (Å²) in [4.78, 5) is 4.17. The lowest BCUT2D eigenvalue weighted by Gasteiger charge is -2.21. The molecule has 0 saturated heterocycles. The minimum atomic E-state index is 0.405. The van der Waals surface area contributed by atoms with Crippen LogP contribution in [0, 0.1) is 0 Å². The second kappa shape index (κ2) is 2.29. The fraction of sp³-hybridized carbons (Fsp3) is 0.375. The van der Waals surface area contributed by atoms with Crippen LogP contribution in [-0.2, 0) is 0 Å². The molecule has 0 aromatic rings. The number of aliphatic imine (C=N–C) groups is 1. The summed E-state index contributed by atoms with van der Waals surface area (Å²) in [6.07, 6.45) is 8.91. The Bertz CT molecular complexity index is 213. The van der Waals surface area contributed by atoms with Crippen LogP contribution in [0.2, 0.25) is 0 Å². The maximum absolute atomic E-state index is 4.31. The standard InChI is InChI=1S/C8H9N2/c1-2-7-6-9-5-3-8(7)10-4-1/h1-2,4-5,8H,3,6H2. The molecule has 0 saturated carbocycles. The van der Waals surface area contributed by atoms with E-state index in [-0.39, 0.29) is 0 Å². The van der Waals surface area contributed by atoms with Gasteiger partial charge in [-0.1, -0.05) is 6.08 Å². The van der Waals surface area contributed by atoms with E-state index in [1.165, 1.54) is 5.57 Å². The van der Waals surface area contributed by atoms with E-state index in [4.69, 9.17) is 0 Å². The summed E-state index contributed by atoms with van der Waals surface area (Å²) < 4.78 is 0. The highest BCUT2D eigenvalue weighted by molar-refractivity contribution is 5.62. The highest BCUT2D eigenvalue weighted by Gasteiger charge is 2.16. The van der Waals surface area contributed by atoms with Crippen LogP contribution in [0.1, 0.15) is 6.42 Å². The van der Waals surface area contributed by atoms with Gasteiger partial charge in [0, 0.05) is 18.8 Å². The van der Waals surface area contributed by atoms with Crippen molar-refractivity contribution >= 4 is 6.21 Å². The van der Waals surface area contributed by atoms with Crippen molar-refractivity contribution in [1.82, 2.24) is 5.32 Å². The molecule has 2 rings (SSSR count). The fourth-order valence-corrected chi connectivity index (χ4v) is 1.24. The monoisotopic (exact) mass is 133 g/mol. The SMILES string of the molecule is C1=C[N]C2CC=NCC2=C1. The number of hydrogen-bond acceptors (Lipinski definition) is 1. The Morgan fingerprint density at radius 3 is 3.40 bits per heavy atom. The number of rotatable bonds is 0. The molecule has 1 radical (unpaired) electrons. The molecule has 0 bridgehead atoms. The molecule has 10 heavy (non-hydrogen) atoms. The molecule has 2 aliphatic rings. The van der Waals surface area contributed by atoms with Crippen LogP contribution >= 0.6 is 0 Å². The number of nitrogens with zero attached hydrogens (tertiary/aromatic N) is 2. The third-order valence-corrected chi connectivity index (χ3v) is 1.82. The average molecular weight is 133 g/mol. The normalized spacial score (nSPS) is 28.8.